The molecular formula is C23H17ClFNO4S. The molecule has 1 heterocycles. The summed E-state index contributed by atoms with van der Waals surface area (Å²) in [6.07, 6.45) is 1.22. The van der Waals surface area contributed by atoms with E-state index in [0.29, 0.717) is 23.1 Å². The van der Waals surface area contributed by atoms with Gasteiger partial charge in [-0.1, -0.05) is 11.6 Å². The summed E-state index contributed by atoms with van der Waals surface area (Å²) in [7, 11) is -4.17. The molecule has 1 aliphatic rings. The Hall–Kier alpha value is -3.16. The number of rotatable bonds is 5. The Morgan fingerprint density at radius 3 is 2.35 bits per heavy atom. The summed E-state index contributed by atoms with van der Waals surface area (Å²) >= 11 is 5.96. The second-order valence-electron chi connectivity index (χ2n) is 6.74. The molecule has 0 unspecified atom stereocenters. The first-order valence-electron chi connectivity index (χ1n) is 9.40. The lowest BCUT2D eigenvalue weighted by molar-refractivity contribution is 0.104. The molecule has 3 aromatic carbocycles. The fourth-order valence-corrected chi connectivity index (χ4v) is 4.94. The third-order valence-electron chi connectivity index (χ3n) is 4.76. The molecule has 31 heavy (non-hydrogen) atoms. The van der Waals surface area contributed by atoms with E-state index in [4.69, 9.17) is 16.3 Å². The van der Waals surface area contributed by atoms with Crippen LogP contribution in [0.4, 0.5) is 15.8 Å². The summed E-state index contributed by atoms with van der Waals surface area (Å²) in [4.78, 5) is 14.1. The Bertz CT molecular complexity index is 1290. The van der Waals surface area contributed by atoms with Crippen molar-refractivity contribution in [2.45, 2.75) is 11.8 Å². The van der Waals surface area contributed by atoms with E-state index in [1.54, 1.807) is 36.4 Å². The van der Waals surface area contributed by atoms with Gasteiger partial charge in [-0.3, -0.25) is 4.79 Å². The van der Waals surface area contributed by atoms with Gasteiger partial charge in [0.15, 0.2) is 0 Å². The zero-order chi connectivity index (χ0) is 22.2. The minimum atomic E-state index is -4.17. The number of halogens is 2. The Balaban J connectivity index is 1.85. The third-order valence-corrected chi connectivity index (χ3v) is 6.81. The zero-order valence-electron chi connectivity index (χ0n) is 16.4. The summed E-state index contributed by atoms with van der Waals surface area (Å²) in [5.41, 5.74) is 0.841. The number of fused-ring (bicyclic) bond motifs is 1. The highest BCUT2D eigenvalue weighted by atomic mass is 35.5. The highest BCUT2D eigenvalue weighted by Gasteiger charge is 2.36. The second-order valence-corrected chi connectivity index (χ2v) is 9.06. The van der Waals surface area contributed by atoms with Gasteiger partial charge < -0.3 is 9.64 Å². The monoisotopic (exact) mass is 457 g/mol. The van der Waals surface area contributed by atoms with Gasteiger partial charge in [0, 0.05) is 22.5 Å². The summed E-state index contributed by atoms with van der Waals surface area (Å²) in [6, 6.07) is 16.1. The van der Waals surface area contributed by atoms with Gasteiger partial charge >= 0.3 is 0 Å². The second kappa shape index (κ2) is 8.17. The van der Waals surface area contributed by atoms with Gasteiger partial charge in [-0.2, -0.15) is 0 Å². The maximum absolute atomic E-state index is 14.0. The van der Waals surface area contributed by atoms with Crippen molar-refractivity contribution in [3.63, 3.8) is 0 Å². The Labute approximate surface area is 184 Å². The molecule has 0 radical (unpaired) electrons. The van der Waals surface area contributed by atoms with Crippen LogP contribution >= 0.6 is 11.6 Å². The molecule has 0 N–H and O–H groups in total. The molecule has 3 aromatic rings. The Kier molecular flexibility index (Phi) is 5.56. The van der Waals surface area contributed by atoms with Crippen molar-refractivity contribution in [2.24, 2.45) is 0 Å². The van der Waals surface area contributed by atoms with Crippen molar-refractivity contribution in [3.05, 3.63) is 94.2 Å². The van der Waals surface area contributed by atoms with E-state index >= 15 is 0 Å². The van der Waals surface area contributed by atoms with Crippen LogP contribution in [0.25, 0.3) is 0 Å². The number of allylic oxidation sites excluding steroid dienone is 1. The van der Waals surface area contributed by atoms with Crippen LogP contribution in [0.3, 0.4) is 0 Å². The summed E-state index contributed by atoms with van der Waals surface area (Å²) in [5, 5.41) is 0.488. The number of ether oxygens (including phenoxy) is 1. The maximum Gasteiger partial charge on any atom is 0.214 e. The Morgan fingerprint density at radius 1 is 1.03 bits per heavy atom. The summed E-state index contributed by atoms with van der Waals surface area (Å²) in [5.74, 6) is -0.692. The quantitative estimate of drug-likeness (QED) is 0.372. The van der Waals surface area contributed by atoms with Gasteiger partial charge in [-0.25, -0.2) is 12.8 Å². The van der Waals surface area contributed by atoms with Crippen molar-refractivity contribution >= 4 is 38.6 Å². The molecule has 0 aliphatic carbocycles. The van der Waals surface area contributed by atoms with Crippen LogP contribution in [-0.2, 0) is 9.84 Å². The van der Waals surface area contributed by atoms with Crippen molar-refractivity contribution in [2.75, 3.05) is 11.5 Å². The molecule has 0 amide bonds. The van der Waals surface area contributed by atoms with E-state index in [-0.39, 0.29) is 16.1 Å². The van der Waals surface area contributed by atoms with E-state index in [9.17, 15) is 17.6 Å². The smallest absolute Gasteiger partial charge is 0.214 e. The molecule has 4 rings (SSSR count). The molecule has 0 bridgehead atoms. The van der Waals surface area contributed by atoms with E-state index in [1.807, 2.05) is 6.92 Å². The van der Waals surface area contributed by atoms with Crippen LogP contribution in [0.15, 0.2) is 82.7 Å². The molecule has 0 fully saturated rings. The van der Waals surface area contributed by atoms with Gasteiger partial charge in [0.25, 0.3) is 0 Å². The number of benzene rings is 3. The molecule has 5 nitrogen and oxygen atoms in total. The Morgan fingerprint density at radius 2 is 1.71 bits per heavy atom. The SMILES string of the molecule is CCOc1ccc(C(=O)C2=CN(c3ccc(Cl)cc3)c3cc(F)ccc3S2(=O)=O)cc1. The van der Waals surface area contributed by atoms with Crippen LogP contribution in [-0.4, -0.2) is 20.8 Å². The van der Waals surface area contributed by atoms with Crippen LogP contribution in [0.1, 0.15) is 17.3 Å². The first-order valence-corrected chi connectivity index (χ1v) is 11.3. The van der Waals surface area contributed by atoms with Gasteiger partial charge in [-0.15, -0.1) is 0 Å². The molecule has 8 heteroatoms. The number of nitrogens with zero attached hydrogens (tertiary/aromatic N) is 1. The number of sulfone groups is 1. The predicted molar refractivity (Wildman–Crippen MR) is 117 cm³/mol. The highest BCUT2D eigenvalue weighted by molar-refractivity contribution is 7.96. The van der Waals surface area contributed by atoms with Gasteiger partial charge in [0.05, 0.1) is 17.2 Å². The maximum atomic E-state index is 14.0. The number of hydrogen-bond donors (Lipinski definition) is 0. The molecule has 1 aliphatic heterocycles. The number of ketones is 1. The zero-order valence-corrected chi connectivity index (χ0v) is 18.0. The number of Topliss-reactive ketones (excluding diaryl/α,β-unsaturated/α-hetero) is 1. The van der Waals surface area contributed by atoms with Gasteiger partial charge in [0.1, 0.15) is 16.5 Å². The summed E-state index contributed by atoms with van der Waals surface area (Å²) < 4.78 is 45.8. The van der Waals surface area contributed by atoms with Gasteiger partial charge in [0.2, 0.25) is 15.6 Å². The van der Waals surface area contributed by atoms with Crippen molar-refractivity contribution in [1.82, 2.24) is 0 Å². The molecule has 0 saturated heterocycles. The van der Waals surface area contributed by atoms with Crippen LogP contribution in [0, 0.1) is 5.82 Å². The minimum Gasteiger partial charge on any atom is -0.494 e. The number of anilines is 2. The molecule has 0 aromatic heterocycles. The van der Waals surface area contributed by atoms with Crippen molar-refractivity contribution < 1.29 is 22.3 Å². The molecule has 0 spiro atoms. The number of carbonyl (C=O) groups excluding carboxylic acids is 1. The normalized spacial score (nSPS) is 14.5. The van der Waals surface area contributed by atoms with Crippen molar-refractivity contribution in [3.8, 4) is 5.75 Å². The molecular weight excluding hydrogens is 441 g/mol. The predicted octanol–water partition coefficient (Wildman–Crippen LogP) is 5.53. The molecule has 0 saturated carbocycles. The lowest BCUT2D eigenvalue weighted by Gasteiger charge is -2.29. The standard InChI is InChI=1S/C23H17ClFNO4S/c1-2-30-19-10-3-15(4-11-19)23(27)22-14-26(18-8-5-16(24)6-9-18)20-13-17(25)7-12-21(20)31(22,28)29/h3-14H,2H2,1H3. The topological polar surface area (TPSA) is 63.7 Å². The fourth-order valence-electron chi connectivity index (χ4n) is 3.29. The minimum absolute atomic E-state index is 0.116. The van der Waals surface area contributed by atoms with Crippen LogP contribution < -0.4 is 9.64 Å². The lowest BCUT2D eigenvalue weighted by Crippen LogP contribution is -2.26. The van der Waals surface area contributed by atoms with E-state index in [1.165, 1.54) is 29.3 Å². The van der Waals surface area contributed by atoms with E-state index in [2.05, 4.69) is 0 Å². The molecule has 0 atom stereocenters. The third kappa shape index (κ3) is 3.94. The largest absolute Gasteiger partial charge is 0.494 e. The van der Waals surface area contributed by atoms with Crippen molar-refractivity contribution in [1.29, 1.82) is 0 Å². The number of carbonyl (C=O) groups is 1. The first-order chi connectivity index (χ1) is 14.8. The highest BCUT2D eigenvalue weighted by Crippen LogP contribution is 2.41. The summed E-state index contributed by atoms with van der Waals surface area (Å²) in [6.45, 7) is 2.31. The van der Waals surface area contributed by atoms with Crippen LogP contribution in [0.2, 0.25) is 5.02 Å². The average Bonchev–Trinajstić information content (AvgIpc) is 2.75. The average molecular weight is 458 g/mol. The fraction of sp³-hybridized carbons (Fsp3) is 0.0870. The first kappa shape index (κ1) is 21.1. The number of hydrogen-bond acceptors (Lipinski definition) is 5. The molecule has 158 valence electrons. The van der Waals surface area contributed by atoms with E-state index in [0.717, 1.165) is 12.1 Å². The lowest BCUT2D eigenvalue weighted by atomic mass is 10.1. The van der Waals surface area contributed by atoms with Crippen LogP contribution in [0.5, 0.6) is 5.75 Å². The van der Waals surface area contributed by atoms with Gasteiger partial charge in [-0.05, 0) is 73.7 Å². The van der Waals surface area contributed by atoms with E-state index < -0.39 is 26.3 Å².